The Morgan fingerprint density at radius 1 is 1.23 bits per heavy atom. The molecule has 0 aliphatic carbocycles. The number of carbonyl (C=O) groups is 2. The van der Waals surface area contributed by atoms with Crippen LogP contribution in [0, 0.1) is 6.92 Å². The van der Waals surface area contributed by atoms with E-state index in [-0.39, 0.29) is 27.0 Å². The van der Waals surface area contributed by atoms with E-state index < -0.39 is 17.4 Å². The molecule has 114 valence electrons. The summed E-state index contributed by atoms with van der Waals surface area (Å²) in [7, 11) is 0. The summed E-state index contributed by atoms with van der Waals surface area (Å²) in [4.78, 5) is 34.2. The number of benzene rings is 1. The van der Waals surface area contributed by atoms with Crippen LogP contribution in [0.2, 0.25) is 10.0 Å². The van der Waals surface area contributed by atoms with E-state index >= 15 is 0 Å². The summed E-state index contributed by atoms with van der Waals surface area (Å²) in [5, 5.41) is 17.0. The number of hydrogen-bond acceptors (Lipinski definition) is 4. The van der Waals surface area contributed by atoms with Crippen LogP contribution < -0.4 is 10.9 Å². The average molecular weight is 342 g/mol. The Morgan fingerprint density at radius 3 is 2.32 bits per heavy atom. The van der Waals surface area contributed by atoms with Crippen LogP contribution in [0.1, 0.15) is 26.4 Å². The number of amides is 1. The van der Waals surface area contributed by atoms with Crippen LogP contribution in [0.15, 0.2) is 23.0 Å². The summed E-state index contributed by atoms with van der Waals surface area (Å²) in [6.07, 6.45) is 0. The van der Waals surface area contributed by atoms with Crippen molar-refractivity contribution < 1.29 is 14.7 Å². The second-order valence-corrected chi connectivity index (χ2v) is 5.15. The fraction of sp³-hybridized carbons (Fsp3) is 0.0769. The van der Waals surface area contributed by atoms with Crippen molar-refractivity contribution in [1.82, 2.24) is 10.2 Å². The minimum absolute atomic E-state index is 0.00773. The van der Waals surface area contributed by atoms with Crippen molar-refractivity contribution in [2.24, 2.45) is 0 Å². The van der Waals surface area contributed by atoms with Crippen LogP contribution in [0.25, 0.3) is 0 Å². The number of aryl methyl sites for hydroxylation is 1. The quantitative estimate of drug-likeness (QED) is 0.793. The average Bonchev–Trinajstić information content (AvgIpc) is 2.40. The number of nitrogens with zero attached hydrogens (tertiary/aromatic N) is 1. The van der Waals surface area contributed by atoms with Crippen molar-refractivity contribution in [3.05, 3.63) is 55.4 Å². The molecule has 0 unspecified atom stereocenters. The Morgan fingerprint density at radius 2 is 1.82 bits per heavy atom. The Labute approximate surface area is 133 Å². The lowest BCUT2D eigenvalue weighted by atomic mass is 10.2. The Bertz CT molecular complexity index is 809. The van der Waals surface area contributed by atoms with Gasteiger partial charge in [0, 0.05) is 11.3 Å². The number of H-pyrrole nitrogens is 1. The van der Waals surface area contributed by atoms with Gasteiger partial charge in [-0.05, 0) is 25.1 Å². The second kappa shape index (κ2) is 6.17. The van der Waals surface area contributed by atoms with Crippen molar-refractivity contribution in [2.45, 2.75) is 6.92 Å². The number of aromatic amines is 1. The van der Waals surface area contributed by atoms with Crippen molar-refractivity contribution in [2.75, 3.05) is 5.32 Å². The van der Waals surface area contributed by atoms with Gasteiger partial charge in [0.1, 0.15) is 5.69 Å². The van der Waals surface area contributed by atoms with Gasteiger partial charge < -0.3 is 10.4 Å². The van der Waals surface area contributed by atoms with Gasteiger partial charge in [0.15, 0.2) is 0 Å². The third-order valence-electron chi connectivity index (χ3n) is 2.74. The molecule has 0 saturated carbocycles. The van der Waals surface area contributed by atoms with Crippen molar-refractivity contribution in [3.8, 4) is 0 Å². The fourth-order valence-electron chi connectivity index (χ4n) is 1.66. The van der Waals surface area contributed by atoms with Crippen molar-refractivity contribution in [1.29, 1.82) is 0 Å². The maximum Gasteiger partial charge on any atom is 0.338 e. The minimum Gasteiger partial charge on any atom is -0.478 e. The molecule has 0 atom stereocenters. The highest BCUT2D eigenvalue weighted by atomic mass is 35.5. The van der Waals surface area contributed by atoms with Crippen molar-refractivity contribution in [3.63, 3.8) is 0 Å². The molecule has 0 saturated heterocycles. The maximum absolute atomic E-state index is 12.0. The van der Waals surface area contributed by atoms with Gasteiger partial charge in [-0.1, -0.05) is 23.2 Å². The zero-order chi connectivity index (χ0) is 16.4. The van der Waals surface area contributed by atoms with Crippen LogP contribution >= 0.6 is 23.2 Å². The topological polar surface area (TPSA) is 112 Å². The predicted molar refractivity (Wildman–Crippen MR) is 81.0 cm³/mol. The molecule has 1 aromatic heterocycles. The summed E-state index contributed by atoms with van der Waals surface area (Å²) in [5.41, 5.74) is -0.118. The lowest BCUT2D eigenvalue weighted by molar-refractivity contribution is 0.0697. The molecule has 0 bridgehead atoms. The Hall–Kier alpha value is -2.38. The van der Waals surface area contributed by atoms with Crippen LogP contribution in [-0.2, 0) is 0 Å². The predicted octanol–water partition coefficient (Wildman–Crippen LogP) is 2.34. The standard InChI is InChI=1S/C13H9Cl2N3O4/c1-5-2-9(17-18-11(5)19)12(20)16-6-3-7(14)10(13(21)22)8(15)4-6/h2-4H,1H3,(H,16,20)(H,18,19)(H,21,22). The van der Waals surface area contributed by atoms with Gasteiger partial charge in [-0.25, -0.2) is 9.89 Å². The number of halogens is 2. The van der Waals surface area contributed by atoms with Crippen LogP contribution in [-0.4, -0.2) is 27.2 Å². The first-order chi connectivity index (χ1) is 10.3. The number of anilines is 1. The number of carbonyl (C=O) groups excluding carboxylic acids is 1. The fourth-order valence-corrected chi connectivity index (χ4v) is 2.31. The summed E-state index contributed by atoms with van der Waals surface area (Å²) in [6.45, 7) is 1.53. The van der Waals surface area contributed by atoms with Gasteiger partial charge in [-0.3, -0.25) is 9.59 Å². The molecule has 0 aliphatic heterocycles. The number of carboxylic acids is 1. The molecule has 1 aromatic carbocycles. The largest absolute Gasteiger partial charge is 0.478 e. The van der Waals surface area contributed by atoms with Gasteiger partial charge in [0.2, 0.25) is 0 Å². The first kappa shape index (κ1) is 16.0. The van der Waals surface area contributed by atoms with Crippen LogP contribution in [0.4, 0.5) is 5.69 Å². The molecule has 0 radical (unpaired) electrons. The minimum atomic E-state index is -1.27. The lowest BCUT2D eigenvalue weighted by Crippen LogP contribution is -2.19. The van der Waals surface area contributed by atoms with E-state index in [0.717, 1.165) is 0 Å². The van der Waals surface area contributed by atoms with Gasteiger partial charge in [0.05, 0.1) is 15.6 Å². The third kappa shape index (κ3) is 3.26. The molecular weight excluding hydrogens is 333 g/mol. The van der Waals surface area contributed by atoms with E-state index in [1.807, 2.05) is 0 Å². The molecule has 3 N–H and O–H groups in total. The molecule has 9 heteroatoms. The van der Waals surface area contributed by atoms with E-state index in [4.69, 9.17) is 28.3 Å². The van der Waals surface area contributed by atoms with E-state index in [1.165, 1.54) is 25.1 Å². The molecular formula is C13H9Cl2N3O4. The number of aromatic carboxylic acids is 1. The van der Waals surface area contributed by atoms with Gasteiger partial charge in [0.25, 0.3) is 11.5 Å². The molecule has 22 heavy (non-hydrogen) atoms. The van der Waals surface area contributed by atoms with E-state index in [1.54, 1.807) is 0 Å². The SMILES string of the molecule is Cc1cc(C(=O)Nc2cc(Cl)c(C(=O)O)c(Cl)c2)n[nH]c1=O. The summed E-state index contributed by atoms with van der Waals surface area (Å²) >= 11 is 11.7. The number of carboxylic acid groups (broad SMARTS) is 1. The molecule has 0 aliphatic rings. The normalized spacial score (nSPS) is 10.3. The summed E-state index contributed by atoms with van der Waals surface area (Å²) in [5.74, 6) is -1.87. The Kier molecular flexibility index (Phi) is 4.48. The maximum atomic E-state index is 12.0. The molecule has 1 amide bonds. The first-order valence-electron chi connectivity index (χ1n) is 5.89. The highest BCUT2D eigenvalue weighted by Crippen LogP contribution is 2.29. The van der Waals surface area contributed by atoms with Gasteiger partial charge in [-0.2, -0.15) is 5.10 Å². The van der Waals surface area contributed by atoms with E-state index in [9.17, 15) is 14.4 Å². The van der Waals surface area contributed by atoms with E-state index in [0.29, 0.717) is 5.56 Å². The zero-order valence-electron chi connectivity index (χ0n) is 11.1. The zero-order valence-corrected chi connectivity index (χ0v) is 12.6. The van der Waals surface area contributed by atoms with Crippen molar-refractivity contribution >= 4 is 40.8 Å². The molecule has 2 aromatic rings. The van der Waals surface area contributed by atoms with Gasteiger partial charge in [-0.15, -0.1) is 0 Å². The van der Waals surface area contributed by atoms with Crippen LogP contribution in [0.3, 0.4) is 0 Å². The van der Waals surface area contributed by atoms with Crippen LogP contribution in [0.5, 0.6) is 0 Å². The Balaban J connectivity index is 2.30. The number of hydrogen-bond donors (Lipinski definition) is 3. The summed E-state index contributed by atoms with van der Waals surface area (Å²) < 4.78 is 0. The number of aromatic nitrogens is 2. The number of nitrogens with one attached hydrogen (secondary N) is 2. The molecule has 0 spiro atoms. The highest BCUT2D eigenvalue weighted by Gasteiger charge is 2.17. The highest BCUT2D eigenvalue weighted by molar-refractivity contribution is 6.39. The first-order valence-corrected chi connectivity index (χ1v) is 6.65. The smallest absolute Gasteiger partial charge is 0.338 e. The molecule has 1 heterocycles. The third-order valence-corrected chi connectivity index (χ3v) is 3.33. The molecule has 0 fully saturated rings. The number of rotatable bonds is 3. The summed E-state index contributed by atoms with van der Waals surface area (Å²) in [6, 6.07) is 3.84. The van der Waals surface area contributed by atoms with Gasteiger partial charge >= 0.3 is 5.97 Å². The molecule has 2 rings (SSSR count). The molecule has 7 nitrogen and oxygen atoms in total. The monoisotopic (exact) mass is 341 g/mol. The van der Waals surface area contributed by atoms with E-state index in [2.05, 4.69) is 15.5 Å². The lowest BCUT2D eigenvalue weighted by Gasteiger charge is -2.08. The second-order valence-electron chi connectivity index (χ2n) is 4.34.